The van der Waals surface area contributed by atoms with E-state index in [1.54, 1.807) is 7.11 Å². The van der Waals surface area contributed by atoms with Crippen molar-refractivity contribution in [2.45, 2.75) is 45.4 Å². The van der Waals surface area contributed by atoms with Crippen molar-refractivity contribution < 1.29 is 4.74 Å². The van der Waals surface area contributed by atoms with Gasteiger partial charge in [-0.2, -0.15) is 0 Å². The fourth-order valence-electron chi connectivity index (χ4n) is 2.54. The van der Waals surface area contributed by atoms with Gasteiger partial charge in [0.05, 0.1) is 16.8 Å². The summed E-state index contributed by atoms with van der Waals surface area (Å²) in [7, 11) is 1.78. The van der Waals surface area contributed by atoms with Gasteiger partial charge in [-0.25, -0.2) is 0 Å². The number of benzene rings is 1. The molecule has 1 unspecified atom stereocenters. The van der Waals surface area contributed by atoms with E-state index in [4.69, 9.17) is 16.3 Å². The van der Waals surface area contributed by atoms with E-state index in [1.165, 1.54) is 5.56 Å². The molecule has 20 heavy (non-hydrogen) atoms. The van der Waals surface area contributed by atoms with Crippen molar-refractivity contribution in [3.8, 4) is 0 Å². The molecule has 1 aromatic rings. The lowest BCUT2D eigenvalue weighted by molar-refractivity contribution is 0.121. The molecule has 1 N–H and O–H groups in total. The molecule has 1 heterocycles. The van der Waals surface area contributed by atoms with Crippen molar-refractivity contribution in [3.63, 3.8) is 0 Å². The van der Waals surface area contributed by atoms with E-state index in [1.807, 2.05) is 12.1 Å². The molecule has 1 saturated heterocycles. The Bertz CT molecular complexity index is 456. The monoisotopic (exact) mass is 296 g/mol. The number of rotatable bonds is 4. The van der Waals surface area contributed by atoms with Gasteiger partial charge in [0.2, 0.25) is 0 Å². The summed E-state index contributed by atoms with van der Waals surface area (Å²) in [4.78, 5) is 2.34. The molecule has 0 amide bonds. The van der Waals surface area contributed by atoms with Crippen LogP contribution in [0.15, 0.2) is 18.2 Å². The number of nitrogens with zero attached hydrogens (tertiary/aromatic N) is 1. The number of methoxy groups -OCH3 is 1. The molecule has 1 atom stereocenters. The van der Waals surface area contributed by atoms with E-state index in [2.05, 4.69) is 37.1 Å². The van der Waals surface area contributed by atoms with E-state index >= 15 is 0 Å². The number of para-hydroxylation sites is 1. The highest BCUT2D eigenvalue weighted by Gasteiger charge is 2.25. The minimum absolute atomic E-state index is 0.0969. The Kier molecular flexibility index (Phi) is 4.95. The molecule has 112 valence electrons. The second-order valence-corrected chi connectivity index (χ2v) is 6.85. The highest BCUT2D eigenvalue weighted by atomic mass is 35.5. The summed E-state index contributed by atoms with van der Waals surface area (Å²) < 4.78 is 5.46. The number of hydrogen-bond donors (Lipinski definition) is 1. The maximum absolute atomic E-state index is 6.44. The van der Waals surface area contributed by atoms with E-state index in [0.29, 0.717) is 6.10 Å². The fourth-order valence-corrected chi connectivity index (χ4v) is 2.85. The summed E-state index contributed by atoms with van der Waals surface area (Å²) in [6.07, 6.45) is 1.38. The average Bonchev–Trinajstić information content (AvgIpc) is 2.84. The normalized spacial score (nSPS) is 19.6. The van der Waals surface area contributed by atoms with Gasteiger partial charge in [-0.15, -0.1) is 0 Å². The van der Waals surface area contributed by atoms with Crippen molar-refractivity contribution in [2.75, 3.05) is 25.1 Å². The van der Waals surface area contributed by atoms with Crippen LogP contribution < -0.4 is 10.2 Å². The van der Waals surface area contributed by atoms with E-state index in [9.17, 15) is 0 Å². The molecule has 0 aliphatic carbocycles. The first-order chi connectivity index (χ1) is 9.40. The lowest BCUT2D eigenvalue weighted by Crippen LogP contribution is -2.35. The first-order valence-electron chi connectivity index (χ1n) is 7.21. The Morgan fingerprint density at radius 1 is 1.40 bits per heavy atom. The first kappa shape index (κ1) is 15.6. The van der Waals surface area contributed by atoms with Gasteiger partial charge in [0.15, 0.2) is 0 Å². The largest absolute Gasteiger partial charge is 0.380 e. The third kappa shape index (κ3) is 3.87. The predicted octanol–water partition coefficient (Wildman–Crippen LogP) is 3.45. The summed E-state index contributed by atoms with van der Waals surface area (Å²) in [5.74, 6) is 0. The third-order valence-electron chi connectivity index (χ3n) is 3.67. The molecule has 1 aliphatic heterocycles. The van der Waals surface area contributed by atoms with Crippen LogP contribution in [0.3, 0.4) is 0 Å². The number of ether oxygens (including phenoxy) is 1. The van der Waals surface area contributed by atoms with Gasteiger partial charge in [0.1, 0.15) is 0 Å². The molecular formula is C16H25ClN2O. The van der Waals surface area contributed by atoms with Gasteiger partial charge in [-0.3, -0.25) is 0 Å². The summed E-state index contributed by atoms with van der Waals surface area (Å²) >= 11 is 6.44. The van der Waals surface area contributed by atoms with Gasteiger partial charge in [-0.05, 0) is 38.8 Å². The summed E-state index contributed by atoms with van der Waals surface area (Å²) in [5, 5.41) is 4.37. The Labute approximate surface area is 127 Å². The summed E-state index contributed by atoms with van der Waals surface area (Å²) in [5.41, 5.74) is 2.51. The zero-order valence-corrected chi connectivity index (χ0v) is 13.6. The number of anilines is 1. The second kappa shape index (κ2) is 6.33. The van der Waals surface area contributed by atoms with E-state index < -0.39 is 0 Å². The van der Waals surface area contributed by atoms with Crippen LogP contribution in [0.2, 0.25) is 5.02 Å². The highest BCUT2D eigenvalue weighted by molar-refractivity contribution is 6.33. The number of nitrogens with one attached hydrogen (secondary N) is 1. The van der Waals surface area contributed by atoms with Gasteiger partial charge >= 0.3 is 0 Å². The van der Waals surface area contributed by atoms with Crippen LogP contribution in [-0.4, -0.2) is 31.8 Å². The molecule has 1 aromatic carbocycles. The molecular weight excluding hydrogens is 272 g/mol. The minimum atomic E-state index is 0.0969. The Hall–Kier alpha value is -0.770. The van der Waals surface area contributed by atoms with Crippen LogP contribution in [0.25, 0.3) is 0 Å². The molecule has 0 saturated carbocycles. The maximum atomic E-state index is 6.44. The van der Waals surface area contributed by atoms with Gasteiger partial charge in [-0.1, -0.05) is 23.7 Å². The van der Waals surface area contributed by atoms with Crippen molar-refractivity contribution >= 4 is 17.3 Å². The average molecular weight is 297 g/mol. The van der Waals surface area contributed by atoms with Gasteiger partial charge in [0, 0.05) is 32.3 Å². The molecule has 3 nitrogen and oxygen atoms in total. The van der Waals surface area contributed by atoms with Gasteiger partial charge < -0.3 is 15.0 Å². The molecule has 0 aromatic heterocycles. The Balaban J connectivity index is 2.19. The van der Waals surface area contributed by atoms with Crippen LogP contribution in [0.4, 0.5) is 5.69 Å². The van der Waals surface area contributed by atoms with E-state index in [-0.39, 0.29) is 5.54 Å². The molecule has 1 fully saturated rings. The third-order valence-corrected chi connectivity index (χ3v) is 3.98. The van der Waals surface area contributed by atoms with Crippen LogP contribution in [0, 0.1) is 0 Å². The van der Waals surface area contributed by atoms with Crippen LogP contribution >= 0.6 is 11.6 Å². The zero-order valence-electron chi connectivity index (χ0n) is 12.9. The Morgan fingerprint density at radius 3 is 2.75 bits per heavy atom. The van der Waals surface area contributed by atoms with Crippen molar-refractivity contribution in [2.24, 2.45) is 0 Å². The molecule has 4 heteroatoms. The van der Waals surface area contributed by atoms with Crippen LogP contribution in [0.5, 0.6) is 0 Å². The zero-order chi connectivity index (χ0) is 14.8. The smallest absolute Gasteiger partial charge is 0.0762 e. The lowest BCUT2D eigenvalue weighted by Gasteiger charge is -2.26. The fraction of sp³-hybridized carbons (Fsp3) is 0.625. The van der Waals surface area contributed by atoms with Gasteiger partial charge in [0.25, 0.3) is 0 Å². The summed E-state index contributed by atoms with van der Waals surface area (Å²) in [6, 6.07) is 6.15. The minimum Gasteiger partial charge on any atom is -0.380 e. The molecule has 0 spiro atoms. The van der Waals surface area contributed by atoms with E-state index in [0.717, 1.165) is 36.8 Å². The van der Waals surface area contributed by atoms with Crippen molar-refractivity contribution in [1.29, 1.82) is 0 Å². The standard InChI is InChI=1S/C16H25ClN2O/c1-16(2,3)18-10-12-6-5-7-14(17)15(12)19-9-8-13(11-19)20-4/h5-7,13,18H,8-11H2,1-4H3. The maximum Gasteiger partial charge on any atom is 0.0762 e. The topological polar surface area (TPSA) is 24.5 Å². The van der Waals surface area contributed by atoms with Crippen LogP contribution in [-0.2, 0) is 11.3 Å². The van der Waals surface area contributed by atoms with Crippen molar-refractivity contribution in [3.05, 3.63) is 28.8 Å². The second-order valence-electron chi connectivity index (χ2n) is 6.44. The van der Waals surface area contributed by atoms with Crippen molar-refractivity contribution in [1.82, 2.24) is 5.32 Å². The summed E-state index contributed by atoms with van der Waals surface area (Å²) in [6.45, 7) is 9.27. The molecule has 0 bridgehead atoms. The predicted molar refractivity (Wildman–Crippen MR) is 85.7 cm³/mol. The number of hydrogen-bond acceptors (Lipinski definition) is 3. The Morgan fingerprint density at radius 2 is 2.15 bits per heavy atom. The highest BCUT2D eigenvalue weighted by Crippen LogP contribution is 2.33. The molecule has 0 radical (unpaired) electrons. The first-order valence-corrected chi connectivity index (χ1v) is 7.58. The molecule has 1 aliphatic rings. The lowest BCUT2D eigenvalue weighted by atomic mass is 10.1. The quantitative estimate of drug-likeness (QED) is 0.921. The SMILES string of the molecule is COC1CCN(c2c(Cl)cccc2CNC(C)(C)C)C1. The van der Waals surface area contributed by atoms with Crippen LogP contribution in [0.1, 0.15) is 32.8 Å². The molecule has 2 rings (SSSR count). The number of halogens is 1.